The van der Waals surface area contributed by atoms with E-state index in [1.54, 1.807) is 6.21 Å². The quantitative estimate of drug-likeness (QED) is 0.439. The molecule has 2 heterocycles. The topological polar surface area (TPSA) is 85.9 Å². The van der Waals surface area contributed by atoms with Crippen LogP contribution < -0.4 is 5.43 Å². The number of para-hydroxylation sites is 1. The average molecular weight is 392 g/mol. The molecule has 1 aromatic carbocycles. The first-order valence-electron chi connectivity index (χ1n) is 10.8. The standard InChI is InChI=1S/C23H29N5O/c29-23(28-25-16-17-15-24-20-13-10-9-11-18(17)20)22-19-12-7-5-3-1-2-4-6-8-14-21(19)26-27-22/h9-11,13,15-16,24H,1-8,12,14H2,(H,26,27)(H,28,29)/b25-16-. The zero-order valence-corrected chi connectivity index (χ0v) is 16.8. The molecular weight excluding hydrogens is 362 g/mol. The summed E-state index contributed by atoms with van der Waals surface area (Å²) in [6.45, 7) is 0. The van der Waals surface area contributed by atoms with Crippen LogP contribution in [0.25, 0.3) is 10.9 Å². The van der Waals surface area contributed by atoms with E-state index in [4.69, 9.17) is 0 Å². The Morgan fingerprint density at radius 2 is 1.72 bits per heavy atom. The molecule has 0 bridgehead atoms. The van der Waals surface area contributed by atoms with Gasteiger partial charge in [0.1, 0.15) is 0 Å². The second-order valence-electron chi connectivity index (χ2n) is 7.85. The Balaban J connectivity index is 1.45. The summed E-state index contributed by atoms with van der Waals surface area (Å²) in [5, 5.41) is 12.7. The number of aromatic nitrogens is 3. The Kier molecular flexibility index (Phi) is 6.39. The number of hydrogen-bond acceptors (Lipinski definition) is 3. The molecule has 29 heavy (non-hydrogen) atoms. The zero-order chi connectivity index (χ0) is 19.9. The Hall–Kier alpha value is -2.89. The van der Waals surface area contributed by atoms with Crippen LogP contribution in [0.1, 0.15) is 78.7 Å². The van der Waals surface area contributed by atoms with Gasteiger partial charge in [0.15, 0.2) is 5.69 Å². The van der Waals surface area contributed by atoms with E-state index in [2.05, 4.69) is 25.7 Å². The van der Waals surface area contributed by atoms with Crippen LogP contribution in [0.4, 0.5) is 0 Å². The highest BCUT2D eigenvalue weighted by Gasteiger charge is 2.19. The number of nitrogens with one attached hydrogen (secondary N) is 3. The summed E-state index contributed by atoms with van der Waals surface area (Å²) in [7, 11) is 0. The number of carbonyl (C=O) groups is 1. The van der Waals surface area contributed by atoms with Crippen LogP contribution in [0.2, 0.25) is 0 Å². The molecule has 152 valence electrons. The number of nitrogens with zero attached hydrogens (tertiary/aromatic N) is 2. The Morgan fingerprint density at radius 1 is 1.00 bits per heavy atom. The number of hydrogen-bond donors (Lipinski definition) is 3. The van der Waals surface area contributed by atoms with E-state index in [-0.39, 0.29) is 5.91 Å². The van der Waals surface area contributed by atoms with Crippen molar-refractivity contribution in [1.82, 2.24) is 20.6 Å². The van der Waals surface area contributed by atoms with E-state index in [1.165, 1.54) is 38.5 Å². The zero-order valence-electron chi connectivity index (χ0n) is 16.8. The molecule has 4 rings (SSSR count). The molecule has 0 spiro atoms. The molecule has 6 nitrogen and oxygen atoms in total. The van der Waals surface area contributed by atoms with Crippen molar-refractivity contribution in [3.63, 3.8) is 0 Å². The van der Waals surface area contributed by atoms with Crippen molar-refractivity contribution >= 4 is 23.0 Å². The van der Waals surface area contributed by atoms with Gasteiger partial charge in [0, 0.05) is 33.9 Å². The fourth-order valence-electron chi connectivity index (χ4n) is 4.14. The molecular formula is C23H29N5O. The monoisotopic (exact) mass is 391 g/mol. The highest BCUT2D eigenvalue weighted by atomic mass is 16.2. The highest BCUT2D eigenvalue weighted by molar-refractivity contribution is 6.00. The lowest BCUT2D eigenvalue weighted by Gasteiger charge is -2.08. The molecule has 6 heteroatoms. The maximum absolute atomic E-state index is 12.7. The molecule has 0 saturated carbocycles. The SMILES string of the molecule is O=C(N/N=C\c1c[nH]c2ccccc12)c1n[nH]c2c1CCCCCCCCCC2. The van der Waals surface area contributed by atoms with Gasteiger partial charge in [0.05, 0.1) is 6.21 Å². The van der Waals surface area contributed by atoms with Crippen molar-refractivity contribution < 1.29 is 4.79 Å². The summed E-state index contributed by atoms with van der Waals surface area (Å²) >= 11 is 0. The summed E-state index contributed by atoms with van der Waals surface area (Å²) in [6.07, 6.45) is 15.4. The van der Waals surface area contributed by atoms with E-state index in [1.807, 2.05) is 30.5 Å². The largest absolute Gasteiger partial charge is 0.361 e. The van der Waals surface area contributed by atoms with Crippen molar-refractivity contribution in [2.45, 2.75) is 64.2 Å². The Labute approximate surface area is 171 Å². The van der Waals surface area contributed by atoms with Crippen LogP contribution in [0.5, 0.6) is 0 Å². The van der Waals surface area contributed by atoms with E-state index in [0.717, 1.165) is 53.4 Å². The number of amides is 1. The number of aryl methyl sites for hydroxylation is 1. The maximum atomic E-state index is 12.7. The maximum Gasteiger partial charge on any atom is 0.292 e. The summed E-state index contributed by atoms with van der Waals surface area (Å²) in [6, 6.07) is 8.02. The third kappa shape index (κ3) is 4.75. The van der Waals surface area contributed by atoms with Crippen molar-refractivity contribution in [2.75, 3.05) is 0 Å². The minimum absolute atomic E-state index is 0.245. The molecule has 2 aromatic heterocycles. The molecule has 0 atom stereocenters. The number of hydrazone groups is 1. The summed E-state index contributed by atoms with van der Waals surface area (Å²) in [5.41, 5.74) is 7.34. The first kappa shape index (κ1) is 19.4. The predicted octanol–water partition coefficient (Wildman–Crippen LogP) is 4.87. The van der Waals surface area contributed by atoms with Crippen molar-refractivity contribution in [2.24, 2.45) is 5.10 Å². The molecule has 0 fully saturated rings. The van der Waals surface area contributed by atoms with Crippen molar-refractivity contribution in [3.8, 4) is 0 Å². The number of carbonyl (C=O) groups excluding carboxylic acids is 1. The molecule has 3 N–H and O–H groups in total. The minimum Gasteiger partial charge on any atom is -0.361 e. The summed E-state index contributed by atoms with van der Waals surface area (Å²) in [5.74, 6) is -0.245. The van der Waals surface area contributed by atoms with Gasteiger partial charge in [0.25, 0.3) is 5.91 Å². The third-order valence-corrected chi connectivity index (χ3v) is 5.76. The van der Waals surface area contributed by atoms with Crippen LogP contribution in [-0.2, 0) is 12.8 Å². The third-order valence-electron chi connectivity index (χ3n) is 5.76. The lowest BCUT2D eigenvalue weighted by atomic mass is 9.98. The van der Waals surface area contributed by atoms with Crippen LogP contribution in [0.15, 0.2) is 35.6 Å². The minimum atomic E-state index is -0.245. The molecule has 0 radical (unpaired) electrons. The van der Waals surface area contributed by atoms with Crippen molar-refractivity contribution in [1.29, 1.82) is 0 Å². The van der Waals surface area contributed by atoms with Crippen LogP contribution in [0.3, 0.4) is 0 Å². The van der Waals surface area contributed by atoms with E-state index in [0.29, 0.717) is 5.69 Å². The smallest absolute Gasteiger partial charge is 0.292 e. The molecule has 0 unspecified atom stereocenters. The molecule has 1 amide bonds. The van der Waals surface area contributed by atoms with Gasteiger partial charge in [0.2, 0.25) is 0 Å². The number of fused-ring (bicyclic) bond motifs is 2. The number of H-pyrrole nitrogens is 2. The van der Waals surface area contributed by atoms with E-state index < -0.39 is 0 Å². The first-order valence-corrected chi connectivity index (χ1v) is 10.8. The fraction of sp³-hybridized carbons (Fsp3) is 0.435. The van der Waals surface area contributed by atoms with Gasteiger partial charge in [-0.3, -0.25) is 9.89 Å². The first-order chi connectivity index (χ1) is 14.3. The lowest BCUT2D eigenvalue weighted by Crippen LogP contribution is -2.20. The van der Waals surface area contributed by atoms with Crippen LogP contribution >= 0.6 is 0 Å². The Bertz CT molecular complexity index is 984. The normalized spacial score (nSPS) is 16.3. The lowest BCUT2D eigenvalue weighted by molar-refractivity contribution is 0.0949. The summed E-state index contributed by atoms with van der Waals surface area (Å²) in [4.78, 5) is 15.9. The predicted molar refractivity (Wildman–Crippen MR) is 116 cm³/mol. The molecule has 1 aliphatic rings. The van der Waals surface area contributed by atoms with E-state index in [9.17, 15) is 4.79 Å². The van der Waals surface area contributed by atoms with Gasteiger partial charge < -0.3 is 4.98 Å². The number of rotatable bonds is 3. The van der Waals surface area contributed by atoms with Crippen LogP contribution in [0, 0.1) is 0 Å². The van der Waals surface area contributed by atoms with Gasteiger partial charge >= 0.3 is 0 Å². The van der Waals surface area contributed by atoms with Crippen molar-refractivity contribution in [3.05, 3.63) is 53.0 Å². The highest BCUT2D eigenvalue weighted by Crippen LogP contribution is 2.21. The van der Waals surface area contributed by atoms with Gasteiger partial charge in [-0.15, -0.1) is 0 Å². The Morgan fingerprint density at radius 3 is 2.55 bits per heavy atom. The van der Waals surface area contributed by atoms with Crippen LogP contribution in [-0.4, -0.2) is 27.3 Å². The number of aromatic amines is 2. The van der Waals surface area contributed by atoms with E-state index >= 15 is 0 Å². The van der Waals surface area contributed by atoms with Gasteiger partial charge in [-0.2, -0.15) is 10.2 Å². The molecule has 3 aromatic rings. The van der Waals surface area contributed by atoms with Gasteiger partial charge in [-0.1, -0.05) is 56.7 Å². The fourth-order valence-corrected chi connectivity index (χ4v) is 4.14. The number of benzene rings is 1. The second kappa shape index (κ2) is 9.54. The average Bonchev–Trinajstić information content (AvgIpc) is 3.32. The molecule has 0 saturated heterocycles. The summed E-state index contributed by atoms with van der Waals surface area (Å²) < 4.78 is 0. The molecule has 0 aliphatic heterocycles. The molecule has 1 aliphatic carbocycles. The van der Waals surface area contributed by atoms with Gasteiger partial charge in [-0.25, -0.2) is 5.43 Å². The van der Waals surface area contributed by atoms with Gasteiger partial charge in [-0.05, 0) is 31.7 Å². The second-order valence-corrected chi connectivity index (χ2v) is 7.85.